The minimum Gasteiger partial charge on any atom is -0.497 e. The van der Waals surface area contributed by atoms with Crippen molar-refractivity contribution in [2.75, 3.05) is 26.5 Å². The molecule has 8 heteroatoms. The molecule has 2 aromatic carbocycles. The molecule has 0 spiro atoms. The number of hydrogen-bond acceptors (Lipinski definition) is 6. The summed E-state index contributed by atoms with van der Waals surface area (Å²) in [6.45, 7) is 0.595. The van der Waals surface area contributed by atoms with Crippen LogP contribution in [0.15, 0.2) is 53.7 Å². The van der Waals surface area contributed by atoms with E-state index in [1.54, 1.807) is 14.2 Å². The summed E-state index contributed by atoms with van der Waals surface area (Å²) < 4.78 is 12.7. The van der Waals surface area contributed by atoms with Crippen molar-refractivity contribution in [3.63, 3.8) is 0 Å². The smallest absolute Gasteiger partial charge is 0.230 e. The van der Waals surface area contributed by atoms with E-state index < -0.39 is 0 Å². The number of nitrogens with one attached hydrogen (secondary N) is 1. The van der Waals surface area contributed by atoms with E-state index in [2.05, 4.69) is 20.1 Å². The lowest BCUT2D eigenvalue weighted by Gasteiger charge is -2.25. The third-order valence-electron chi connectivity index (χ3n) is 6.18. The summed E-state index contributed by atoms with van der Waals surface area (Å²) in [6.07, 6.45) is 6.70. The van der Waals surface area contributed by atoms with Crippen molar-refractivity contribution in [1.82, 2.24) is 20.1 Å². The first-order chi connectivity index (χ1) is 16.7. The normalized spacial score (nSPS) is 14.1. The molecule has 180 valence electrons. The van der Waals surface area contributed by atoms with Crippen LogP contribution in [-0.2, 0) is 11.2 Å². The van der Waals surface area contributed by atoms with E-state index >= 15 is 0 Å². The van der Waals surface area contributed by atoms with E-state index in [1.807, 2.05) is 48.5 Å². The van der Waals surface area contributed by atoms with Crippen LogP contribution in [0.25, 0.3) is 11.4 Å². The highest BCUT2D eigenvalue weighted by Crippen LogP contribution is 2.35. The molecule has 1 aliphatic rings. The molecule has 1 heterocycles. The molecule has 0 unspecified atom stereocenters. The van der Waals surface area contributed by atoms with Crippen molar-refractivity contribution >= 4 is 17.7 Å². The number of hydrogen-bond donors (Lipinski definition) is 1. The van der Waals surface area contributed by atoms with Crippen LogP contribution < -0.4 is 14.8 Å². The second kappa shape index (κ2) is 11.9. The van der Waals surface area contributed by atoms with E-state index in [9.17, 15) is 4.79 Å². The minimum absolute atomic E-state index is 0.00250. The van der Waals surface area contributed by atoms with Crippen LogP contribution in [0.1, 0.15) is 43.7 Å². The Kier molecular flexibility index (Phi) is 8.46. The number of aromatic nitrogens is 3. The van der Waals surface area contributed by atoms with Crippen LogP contribution in [0, 0.1) is 0 Å². The standard InChI is InChI=1S/C26H32N4O3S/c1-32-22-12-8-19(9-13-22)16-17-27-24(31)18-34-26-29-28-25(20-10-14-23(33-2)15-11-20)30(26)21-6-4-3-5-7-21/h8-15,21H,3-7,16-18H2,1-2H3,(H,27,31). The highest BCUT2D eigenvalue weighted by atomic mass is 32.2. The monoisotopic (exact) mass is 480 g/mol. The molecule has 1 fully saturated rings. The van der Waals surface area contributed by atoms with E-state index in [-0.39, 0.29) is 5.91 Å². The lowest BCUT2D eigenvalue weighted by atomic mass is 9.95. The van der Waals surface area contributed by atoms with Gasteiger partial charge in [-0.05, 0) is 61.2 Å². The molecule has 1 amide bonds. The predicted octanol–water partition coefficient (Wildman–Crippen LogP) is 4.92. The molecule has 1 aromatic heterocycles. The molecule has 4 rings (SSSR count). The SMILES string of the molecule is COc1ccc(CCNC(=O)CSc2nnc(-c3ccc(OC)cc3)n2C2CCCCC2)cc1. The Hall–Kier alpha value is -3.00. The van der Waals surface area contributed by atoms with Gasteiger partial charge in [0.05, 0.1) is 20.0 Å². The molecule has 1 N–H and O–H groups in total. The summed E-state index contributed by atoms with van der Waals surface area (Å²) in [5.41, 5.74) is 2.17. The summed E-state index contributed by atoms with van der Waals surface area (Å²) in [7, 11) is 3.32. The second-order valence-corrected chi connectivity index (χ2v) is 9.38. The summed E-state index contributed by atoms with van der Waals surface area (Å²) in [4.78, 5) is 12.5. The quantitative estimate of drug-likeness (QED) is 0.415. The summed E-state index contributed by atoms with van der Waals surface area (Å²) in [6, 6.07) is 16.2. The average Bonchev–Trinajstić information content (AvgIpc) is 3.32. The van der Waals surface area contributed by atoms with Crippen molar-refractivity contribution in [2.45, 2.75) is 49.7 Å². The fourth-order valence-electron chi connectivity index (χ4n) is 4.30. The topological polar surface area (TPSA) is 78.3 Å². The van der Waals surface area contributed by atoms with Crippen LogP contribution in [0.2, 0.25) is 0 Å². The van der Waals surface area contributed by atoms with Gasteiger partial charge in [0.2, 0.25) is 5.91 Å². The predicted molar refractivity (Wildman–Crippen MR) is 135 cm³/mol. The van der Waals surface area contributed by atoms with Crippen LogP contribution >= 0.6 is 11.8 Å². The highest BCUT2D eigenvalue weighted by molar-refractivity contribution is 7.99. The first-order valence-corrected chi connectivity index (χ1v) is 12.8. The maximum atomic E-state index is 12.5. The van der Waals surface area contributed by atoms with E-state index in [1.165, 1.54) is 31.0 Å². The van der Waals surface area contributed by atoms with Crippen LogP contribution in [-0.4, -0.2) is 47.2 Å². The first-order valence-electron chi connectivity index (χ1n) is 11.8. The molecular weight excluding hydrogens is 448 g/mol. The van der Waals surface area contributed by atoms with Gasteiger partial charge in [-0.15, -0.1) is 10.2 Å². The number of rotatable bonds is 10. The summed E-state index contributed by atoms with van der Waals surface area (Å²) in [5.74, 6) is 2.82. The fourth-order valence-corrected chi connectivity index (χ4v) is 5.14. The Morgan fingerprint density at radius 2 is 1.62 bits per heavy atom. The Balaban J connectivity index is 1.39. The number of methoxy groups -OCH3 is 2. The maximum absolute atomic E-state index is 12.5. The number of amides is 1. The third-order valence-corrected chi connectivity index (χ3v) is 7.12. The minimum atomic E-state index is 0.00250. The van der Waals surface area contributed by atoms with Gasteiger partial charge in [-0.3, -0.25) is 9.36 Å². The number of carbonyl (C=O) groups is 1. The van der Waals surface area contributed by atoms with E-state index in [0.717, 1.165) is 52.9 Å². The van der Waals surface area contributed by atoms with Gasteiger partial charge in [-0.25, -0.2) is 0 Å². The van der Waals surface area contributed by atoms with E-state index in [4.69, 9.17) is 9.47 Å². The molecule has 0 atom stereocenters. The van der Waals surface area contributed by atoms with Gasteiger partial charge in [-0.1, -0.05) is 43.2 Å². The summed E-state index contributed by atoms with van der Waals surface area (Å²) in [5, 5.41) is 12.8. The second-order valence-electron chi connectivity index (χ2n) is 8.43. The number of nitrogens with zero attached hydrogens (tertiary/aromatic N) is 3. The van der Waals surface area contributed by atoms with E-state index in [0.29, 0.717) is 18.3 Å². The Bertz CT molecular complexity index is 1060. The first kappa shape index (κ1) is 24.1. The number of thioether (sulfide) groups is 1. The average molecular weight is 481 g/mol. The van der Waals surface area contributed by atoms with Crippen LogP contribution in [0.5, 0.6) is 11.5 Å². The van der Waals surface area contributed by atoms with Crippen molar-refractivity contribution in [1.29, 1.82) is 0 Å². The van der Waals surface area contributed by atoms with Crippen molar-refractivity contribution < 1.29 is 14.3 Å². The van der Waals surface area contributed by atoms with Crippen molar-refractivity contribution in [2.24, 2.45) is 0 Å². The fraction of sp³-hybridized carbons (Fsp3) is 0.423. The Labute approximate surface area is 205 Å². The lowest BCUT2D eigenvalue weighted by molar-refractivity contribution is -0.118. The van der Waals surface area contributed by atoms with Gasteiger partial charge >= 0.3 is 0 Å². The van der Waals surface area contributed by atoms with Gasteiger partial charge in [0.25, 0.3) is 0 Å². The maximum Gasteiger partial charge on any atom is 0.230 e. The number of ether oxygens (including phenoxy) is 2. The molecule has 7 nitrogen and oxygen atoms in total. The van der Waals surface area contributed by atoms with Gasteiger partial charge in [0, 0.05) is 18.2 Å². The number of carbonyl (C=O) groups excluding carboxylic acids is 1. The molecule has 1 saturated carbocycles. The lowest BCUT2D eigenvalue weighted by Crippen LogP contribution is -2.27. The van der Waals surface area contributed by atoms with Crippen molar-refractivity contribution in [3.05, 3.63) is 54.1 Å². The molecule has 1 aliphatic carbocycles. The van der Waals surface area contributed by atoms with Crippen LogP contribution in [0.4, 0.5) is 0 Å². The van der Waals surface area contributed by atoms with Gasteiger partial charge in [-0.2, -0.15) is 0 Å². The molecular formula is C26H32N4O3S. The molecule has 0 radical (unpaired) electrons. The molecule has 34 heavy (non-hydrogen) atoms. The van der Waals surface area contributed by atoms with Crippen LogP contribution in [0.3, 0.4) is 0 Å². The largest absolute Gasteiger partial charge is 0.497 e. The number of benzene rings is 2. The molecule has 3 aromatic rings. The van der Waals surface area contributed by atoms with Gasteiger partial charge < -0.3 is 14.8 Å². The molecule has 0 saturated heterocycles. The third kappa shape index (κ3) is 6.11. The van der Waals surface area contributed by atoms with Gasteiger partial charge in [0.1, 0.15) is 11.5 Å². The Morgan fingerprint density at radius 3 is 2.26 bits per heavy atom. The van der Waals surface area contributed by atoms with Crippen molar-refractivity contribution in [3.8, 4) is 22.9 Å². The zero-order valence-electron chi connectivity index (χ0n) is 19.8. The van der Waals surface area contributed by atoms with Gasteiger partial charge in [0.15, 0.2) is 11.0 Å². The zero-order valence-corrected chi connectivity index (χ0v) is 20.6. The molecule has 0 bridgehead atoms. The highest BCUT2D eigenvalue weighted by Gasteiger charge is 2.24. The Morgan fingerprint density at radius 1 is 0.971 bits per heavy atom. The summed E-state index contributed by atoms with van der Waals surface area (Å²) >= 11 is 1.46. The zero-order chi connectivity index (χ0) is 23.8. The molecule has 0 aliphatic heterocycles.